The van der Waals surface area contributed by atoms with Crippen molar-refractivity contribution in [1.82, 2.24) is 5.43 Å². The molecule has 0 bridgehead atoms. The molecular weight excluding hydrogens is 378 g/mol. The van der Waals surface area contributed by atoms with Crippen molar-refractivity contribution < 1.29 is 9.47 Å². The number of halogens is 1. The van der Waals surface area contributed by atoms with Crippen LogP contribution in [0.4, 0.5) is 5.69 Å². The highest BCUT2D eigenvalue weighted by molar-refractivity contribution is 9.10. The first-order valence-corrected chi connectivity index (χ1v) is 7.90. The number of hydrogen-bond acceptors (Lipinski definition) is 4. The molecule has 2 rings (SSSR count). The third-order valence-corrected chi connectivity index (χ3v) is 3.72. The Morgan fingerprint density at radius 1 is 1.13 bits per heavy atom. The lowest BCUT2D eigenvalue weighted by molar-refractivity contribution is 0.412. The number of hydrogen-bond donors (Lipinski definition) is 2. The van der Waals surface area contributed by atoms with Crippen molar-refractivity contribution in [2.75, 3.05) is 19.5 Å². The summed E-state index contributed by atoms with van der Waals surface area (Å²) in [5.41, 5.74) is 4.54. The maximum Gasteiger partial charge on any atom is 0.191 e. The number of ether oxygens (including phenoxy) is 2. The molecule has 0 radical (unpaired) electrons. The highest BCUT2D eigenvalue weighted by atomic mass is 79.9. The summed E-state index contributed by atoms with van der Waals surface area (Å²) >= 11 is 8.61. The van der Waals surface area contributed by atoms with Gasteiger partial charge in [0.25, 0.3) is 0 Å². The summed E-state index contributed by atoms with van der Waals surface area (Å²) in [6.07, 6.45) is 1.67. The Hall–Kier alpha value is -2.12. The number of thiocarbonyl (C=S) groups is 1. The van der Waals surface area contributed by atoms with Gasteiger partial charge < -0.3 is 14.8 Å². The fourth-order valence-corrected chi connectivity index (χ4v) is 2.49. The van der Waals surface area contributed by atoms with Crippen LogP contribution in [0.25, 0.3) is 0 Å². The van der Waals surface area contributed by atoms with Crippen LogP contribution in [0.15, 0.2) is 52.0 Å². The molecule has 0 aromatic heterocycles. The molecular formula is C16H16BrN3O2S. The van der Waals surface area contributed by atoms with Gasteiger partial charge in [0.05, 0.1) is 24.9 Å². The van der Waals surface area contributed by atoms with Crippen LogP contribution in [-0.4, -0.2) is 25.5 Å². The Morgan fingerprint density at radius 3 is 2.48 bits per heavy atom. The Balaban J connectivity index is 1.89. The second-order valence-corrected chi connectivity index (χ2v) is 5.71. The summed E-state index contributed by atoms with van der Waals surface area (Å²) < 4.78 is 11.1. The first kappa shape index (κ1) is 17.2. The Labute approximate surface area is 148 Å². The van der Waals surface area contributed by atoms with E-state index in [4.69, 9.17) is 21.7 Å². The lowest BCUT2D eigenvalue weighted by Gasteiger charge is -2.07. The van der Waals surface area contributed by atoms with E-state index in [2.05, 4.69) is 31.8 Å². The van der Waals surface area contributed by atoms with Gasteiger partial charge in [-0.1, -0.05) is 0 Å². The van der Waals surface area contributed by atoms with Crippen LogP contribution in [-0.2, 0) is 0 Å². The molecule has 0 aliphatic carbocycles. The lowest BCUT2D eigenvalue weighted by atomic mass is 10.2. The number of nitrogens with zero attached hydrogens (tertiary/aromatic N) is 1. The van der Waals surface area contributed by atoms with E-state index in [-0.39, 0.29) is 0 Å². The third-order valence-electron chi connectivity index (χ3n) is 2.90. The quantitative estimate of drug-likeness (QED) is 0.459. The van der Waals surface area contributed by atoms with E-state index in [1.54, 1.807) is 20.4 Å². The zero-order valence-corrected chi connectivity index (χ0v) is 15.1. The molecule has 0 heterocycles. The monoisotopic (exact) mass is 393 g/mol. The SMILES string of the molecule is COc1ccc(NC(=S)N/N=C\c2ccc(OC)c(Br)c2)cc1. The average molecular weight is 394 g/mol. The van der Waals surface area contributed by atoms with E-state index in [0.29, 0.717) is 5.11 Å². The summed E-state index contributed by atoms with van der Waals surface area (Å²) in [7, 11) is 3.25. The number of benzene rings is 2. The number of anilines is 1. The minimum atomic E-state index is 0.402. The fourth-order valence-electron chi connectivity index (χ4n) is 1.76. The van der Waals surface area contributed by atoms with E-state index in [1.165, 1.54) is 0 Å². The van der Waals surface area contributed by atoms with Crippen LogP contribution in [0, 0.1) is 0 Å². The van der Waals surface area contributed by atoms with Crippen LogP contribution in [0.5, 0.6) is 11.5 Å². The second-order valence-electron chi connectivity index (χ2n) is 4.45. The Morgan fingerprint density at radius 2 is 1.87 bits per heavy atom. The number of nitrogens with one attached hydrogen (secondary N) is 2. The van der Waals surface area contributed by atoms with Crippen molar-refractivity contribution in [3.63, 3.8) is 0 Å². The van der Waals surface area contributed by atoms with Gasteiger partial charge in [0.1, 0.15) is 11.5 Å². The predicted octanol–water partition coefficient (Wildman–Crippen LogP) is 3.79. The van der Waals surface area contributed by atoms with Crippen LogP contribution in [0.3, 0.4) is 0 Å². The maximum atomic E-state index is 5.18. The van der Waals surface area contributed by atoms with E-state index in [0.717, 1.165) is 27.2 Å². The maximum absolute atomic E-state index is 5.18. The van der Waals surface area contributed by atoms with Crippen molar-refractivity contribution in [3.05, 3.63) is 52.5 Å². The molecule has 7 heteroatoms. The van der Waals surface area contributed by atoms with E-state index < -0.39 is 0 Å². The zero-order chi connectivity index (χ0) is 16.7. The largest absolute Gasteiger partial charge is 0.497 e. The van der Waals surface area contributed by atoms with E-state index in [9.17, 15) is 0 Å². The topological polar surface area (TPSA) is 54.9 Å². The Bertz CT molecular complexity index is 705. The molecule has 2 aromatic rings. The molecule has 2 N–H and O–H groups in total. The smallest absolute Gasteiger partial charge is 0.191 e. The predicted molar refractivity (Wildman–Crippen MR) is 101 cm³/mol. The first-order chi connectivity index (χ1) is 11.1. The Kier molecular flexibility index (Phi) is 6.37. The molecule has 0 spiro atoms. The average Bonchev–Trinajstić information content (AvgIpc) is 2.56. The van der Waals surface area contributed by atoms with Crippen LogP contribution >= 0.6 is 28.1 Å². The molecule has 0 aliphatic rings. The van der Waals surface area contributed by atoms with Gasteiger partial charge in [0.15, 0.2) is 5.11 Å². The summed E-state index contributed by atoms with van der Waals surface area (Å²) in [6, 6.07) is 13.1. The van der Waals surface area contributed by atoms with Crippen molar-refractivity contribution in [1.29, 1.82) is 0 Å². The fraction of sp³-hybridized carbons (Fsp3) is 0.125. The standard InChI is InChI=1S/C16H16BrN3O2S/c1-21-13-6-4-12(5-7-13)19-16(23)20-18-10-11-3-8-15(22-2)14(17)9-11/h3-10H,1-2H3,(H2,19,20,23)/b18-10-. The van der Waals surface area contributed by atoms with Gasteiger partial charge in [0, 0.05) is 5.69 Å². The molecule has 0 amide bonds. The number of methoxy groups -OCH3 is 2. The highest BCUT2D eigenvalue weighted by Gasteiger charge is 2.00. The van der Waals surface area contributed by atoms with Crippen molar-refractivity contribution in [3.8, 4) is 11.5 Å². The second kappa shape index (κ2) is 8.50. The molecule has 120 valence electrons. The summed E-state index contributed by atoms with van der Waals surface area (Å²) in [5, 5.41) is 7.54. The van der Waals surface area contributed by atoms with Gasteiger partial charge in [-0.25, -0.2) is 0 Å². The van der Waals surface area contributed by atoms with Crippen LogP contribution in [0.1, 0.15) is 5.56 Å². The van der Waals surface area contributed by atoms with E-state index >= 15 is 0 Å². The molecule has 0 saturated heterocycles. The van der Waals surface area contributed by atoms with Gasteiger partial charge in [-0.15, -0.1) is 0 Å². The van der Waals surface area contributed by atoms with Crippen molar-refractivity contribution in [2.24, 2.45) is 5.10 Å². The highest BCUT2D eigenvalue weighted by Crippen LogP contribution is 2.24. The molecule has 0 aliphatic heterocycles. The normalized spacial score (nSPS) is 10.4. The van der Waals surface area contributed by atoms with Gasteiger partial charge in [-0.3, -0.25) is 5.43 Å². The molecule has 23 heavy (non-hydrogen) atoms. The van der Waals surface area contributed by atoms with Gasteiger partial charge in [-0.2, -0.15) is 5.10 Å². The van der Waals surface area contributed by atoms with Crippen molar-refractivity contribution >= 4 is 45.2 Å². The summed E-state index contributed by atoms with van der Waals surface area (Å²) in [5.74, 6) is 1.56. The molecule has 0 unspecified atom stereocenters. The van der Waals surface area contributed by atoms with Crippen LogP contribution in [0.2, 0.25) is 0 Å². The number of rotatable bonds is 5. The molecule has 2 aromatic carbocycles. The van der Waals surface area contributed by atoms with E-state index in [1.807, 2.05) is 42.5 Å². The molecule has 0 fully saturated rings. The molecule has 0 saturated carbocycles. The van der Waals surface area contributed by atoms with Crippen molar-refractivity contribution in [2.45, 2.75) is 0 Å². The third kappa shape index (κ3) is 5.22. The minimum absolute atomic E-state index is 0.402. The van der Waals surface area contributed by atoms with Gasteiger partial charge >= 0.3 is 0 Å². The summed E-state index contributed by atoms with van der Waals surface area (Å²) in [6.45, 7) is 0. The van der Waals surface area contributed by atoms with Gasteiger partial charge in [-0.05, 0) is 76.2 Å². The summed E-state index contributed by atoms with van der Waals surface area (Å²) in [4.78, 5) is 0. The first-order valence-electron chi connectivity index (χ1n) is 6.70. The zero-order valence-electron chi connectivity index (χ0n) is 12.7. The number of hydrazone groups is 1. The van der Waals surface area contributed by atoms with Gasteiger partial charge in [0.2, 0.25) is 0 Å². The van der Waals surface area contributed by atoms with Crippen LogP contribution < -0.4 is 20.2 Å². The molecule has 5 nitrogen and oxygen atoms in total. The molecule has 0 atom stereocenters. The minimum Gasteiger partial charge on any atom is -0.497 e. The lowest BCUT2D eigenvalue weighted by Crippen LogP contribution is -2.23.